The maximum atomic E-state index is 4.10. The normalized spacial score (nSPS) is 11.4. The Morgan fingerprint density at radius 2 is 1.38 bits per heavy atom. The molecule has 0 radical (unpaired) electrons. The Morgan fingerprint density at radius 3 is 1.88 bits per heavy atom. The highest BCUT2D eigenvalue weighted by Gasteiger charge is 2.18. The van der Waals surface area contributed by atoms with Gasteiger partial charge in [-0.05, 0) is 0 Å². The van der Waals surface area contributed by atoms with Gasteiger partial charge in [-0.1, -0.05) is 51.1 Å². The van der Waals surface area contributed by atoms with Crippen LogP contribution < -0.4 is 0 Å². The maximum absolute atomic E-state index is 4.10. The summed E-state index contributed by atoms with van der Waals surface area (Å²) in [6.07, 6.45) is 0. The fourth-order valence-corrected chi connectivity index (χ4v) is 1.23. The molecule has 82 valence electrons. The third kappa shape index (κ3) is 2.21. The van der Waals surface area contributed by atoms with Crippen molar-refractivity contribution < 1.29 is 0 Å². The lowest BCUT2D eigenvalue weighted by Crippen LogP contribution is -2.18. The Balaban J connectivity index is 2.34. The molecule has 0 atom stereocenters. The van der Waals surface area contributed by atoms with Crippen LogP contribution >= 0.6 is 0 Å². The number of rotatable bonds is 1. The molecule has 0 unspecified atom stereocenters. The van der Waals surface area contributed by atoms with Gasteiger partial charge >= 0.3 is 0 Å². The summed E-state index contributed by atoms with van der Waals surface area (Å²) in [5, 5.41) is 16.4. The zero-order valence-electron chi connectivity index (χ0n) is 9.68. The molecule has 0 N–H and O–H groups in total. The Hall–Kier alpha value is -1.84. The highest BCUT2D eigenvalue weighted by Crippen LogP contribution is 2.17. The van der Waals surface area contributed by atoms with Crippen molar-refractivity contribution >= 4 is 0 Å². The van der Waals surface area contributed by atoms with Crippen LogP contribution in [0, 0.1) is 0 Å². The van der Waals surface area contributed by atoms with Crippen LogP contribution in [0.2, 0.25) is 0 Å². The highest BCUT2D eigenvalue weighted by atomic mass is 15.3. The molecule has 2 aromatic rings. The average molecular weight is 214 g/mol. The first-order valence-corrected chi connectivity index (χ1v) is 5.21. The number of benzene rings is 1. The monoisotopic (exact) mass is 214 g/mol. The van der Waals surface area contributed by atoms with Crippen molar-refractivity contribution in [3.8, 4) is 11.4 Å². The van der Waals surface area contributed by atoms with Gasteiger partial charge in [0.15, 0.2) is 5.82 Å². The summed E-state index contributed by atoms with van der Waals surface area (Å²) in [4.78, 5) is 0. The molecule has 1 heterocycles. The van der Waals surface area contributed by atoms with Crippen molar-refractivity contribution in [3.63, 3.8) is 0 Å². The number of aromatic nitrogens is 4. The second kappa shape index (κ2) is 3.96. The van der Waals surface area contributed by atoms with Gasteiger partial charge in [-0.15, -0.1) is 20.4 Å². The molecular weight excluding hydrogens is 200 g/mol. The second-order valence-electron chi connectivity index (χ2n) is 4.66. The highest BCUT2D eigenvalue weighted by molar-refractivity contribution is 5.52. The summed E-state index contributed by atoms with van der Waals surface area (Å²) in [6, 6.07) is 9.71. The summed E-state index contributed by atoms with van der Waals surface area (Å²) in [5.74, 6) is 1.22. The van der Waals surface area contributed by atoms with Crippen molar-refractivity contribution in [2.24, 2.45) is 0 Å². The van der Waals surface area contributed by atoms with Gasteiger partial charge in [-0.3, -0.25) is 0 Å². The molecule has 1 aromatic heterocycles. The first-order valence-electron chi connectivity index (χ1n) is 5.21. The van der Waals surface area contributed by atoms with E-state index in [0.29, 0.717) is 11.6 Å². The number of hydrogen-bond donors (Lipinski definition) is 0. The second-order valence-corrected chi connectivity index (χ2v) is 4.66. The minimum atomic E-state index is -0.116. The van der Waals surface area contributed by atoms with Crippen LogP contribution in [0.25, 0.3) is 11.4 Å². The van der Waals surface area contributed by atoms with Crippen LogP contribution in [0.1, 0.15) is 26.6 Å². The van der Waals surface area contributed by atoms with Crippen molar-refractivity contribution in [2.45, 2.75) is 26.2 Å². The van der Waals surface area contributed by atoms with Gasteiger partial charge in [0.1, 0.15) is 0 Å². The Kier molecular flexibility index (Phi) is 2.64. The molecule has 0 aliphatic carbocycles. The van der Waals surface area contributed by atoms with Gasteiger partial charge in [0.2, 0.25) is 5.82 Å². The van der Waals surface area contributed by atoms with E-state index in [2.05, 4.69) is 20.4 Å². The third-order valence-corrected chi connectivity index (χ3v) is 2.18. The zero-order chi connectivity index (χ0) is 11.6. The lowest BCUT2D eigenvalue weighted by molar-refractivity contribution is 0.519. The molecule has 4 nitrogen and oxygen atoms in total. The van der Waals surface area contributed by atoms with Crippen LogP contribution in [0.3, 0.4) is 0 Å². The fraction of sp³-hybridized carbons (Fsp3) is 0.333. The van der Waals surface area contributed by atoms with E-state index in [4.69, 9.17) is 0 Å². The van der Waals surface area contributed by atoms with Crippen molar-refractivity contribution in [3.05, 3.63) is 36.2 Å². The summed E-state index contributed by atoms with van der Waals surface area (Å²) in [7, 11) is 0. The summed E-state index contributed by atoms with van der Waals surface area (Å²) in [6.45, 7) is 6.11. The van der Waals surface area contributed by atoms with E-state index in [1.807, 2.05) is 51.1 Å². The van der Waals surface area contributed by atoms with Crippen LogP contribution in [0.4, 0.5) is 0 Å². The number of nitrogens with zero attached hydrogens (tertiary/aromatic N) is 4. The van der Waals surface area contributed by atoms with E-state index < -0.39 is 0 Å². The van der Waals surface area contributed by atoms with Crippen molar-refractivity contribution in [2.75, 3.05) is 0 Å². The first kappa shape index (κ1) is 10.7. The van der Waals surface area contributed by atoms with E-state index in [0.717, 1.165) is 5.56 Å². The molecule has 0 aliphatic rings. The largest absolute Gasteiger partial charge is 0.203 e. The molecule has 4 heteroatoms. The van der Waals surface area contributed by atoms with E-state index in [-0.39, 0.29) is 5.41 Å². The van der Waals surface area contributed by atoms with E-state index in [1.165, 1.54) is 0 Å². The van der Waals surface area contributed by atoms with Gasteiger partial charge in [0.25, 0.3) is 0 Å². The molecule has 0 saturated heterocycles. The van der Waals surface area contributed by atoms with Gasteiger partial charge in [0, 0.05) is 11.0 Å². The van der Waals surface area contributed by atoms with Crippen molar-refractivity contribution in [1.29, 1.82) is 0 Å². The Labute approximate surface area is 94.8 Å². The van der Waals surface area contributed by atoms with Gasteiger partial charge in [-0.25, -0.2) is 0 Å². The lowest BCUT2D eigenvalue weighted by atomic mass is 9.96. The van der Waals surface area contributed by atoms with Crippen LogP contribution in [0.15, 0.2) is 30.3 Å². The maximum Gasteiger partial charge on any atom is 0.203 e. The SMILES string of the molecule is CC(C)(C)c1nnc(-c2ccccc2)nn1. The minimum absolute atomic E-state index is 0.116. The molecule has 0 amide bonds. The van der Waals surface area contributed by atoms with Crippen LogP contribution in [0.5, 0.6) is 0 Å². The quantitative estimate of drug-likeness (QED) is 0.730. The molecule has 16 heavy (non-hydrogen) atoms. The molecule has 0 spiro atoms. The fourth-order valence-electron chi connectivity index (χ4n) is 1.23. The minimum Gasteiger partial charge on any atom is -0.131 e. The molecule has 0 saturated carbocycles. The Bertz CT molecular complexity index is 457. The molecular formula is C12H14N4. The van der Waals surface area contributed by atoms with E-state index in [1.54, 1.807) is 0 Å². The van der Waals surface area contributed by atoms with Crippen LogP contribution in [-0.4, -0.2) is 20.4 Å². The molecule has 0 fully saturated rings. The van der Waals surface area contributed by atoms with E-state index >= 15 is 0 Å². The predicted octanol–water partition coefficient (Wildman–Crippen LogP) is 2.23. The average Bonchev–Trinajstić information content (AvgIpc) is 2.29. The molecule has 0 bridgehead atoms. The Morgan fingerprint density at radius 1 is 0.812 bits per heavy atom. The molecule has 1 aromatic carbocycles. The lowest BCUT2D eigenvalue weighted by Gasteiger charge is -2.13. The zero-order valence-corrected chi connectivity index (χ0v) is 9.68. The number of hydrogen-bond acceptors (Lipinski definition) is 4. The summed E-state index contributed by atoms with van der Waals surface area (Å²) < 4.78 is 0. The topological polar surface area (TPSA) is 51.6 Å². The van der Waals surface area contributed by atoms with E-state index in [9.17, 15) is 0 Å². The first-order chi connectivity index (χ1) is 7.57. The predicted molar refractivity (Wildman–Crippen MR) is 61.8 cm³/mol. The summed E-state index contributed by atoms with van der Waals surface area (Å²) >= 11 is 0. The van der Waals surface area contributed by atoms with Gasteiger partial charge < -0.3 is 0 Å². The third-order valence-electron chi connectivity index (χ3n) is 2.18. The smallest absolute Gasteiger partial charge is 0.131 e. The molecule has 0 aliphatic heterocycles. The molecule has 2 rings (SSSR count). The van der Waals surface area contributed by atoms with Crippen molar-refractivity contribution in [1.82, 2.24) is 20.4 Å². The summed E-state index contributed by atoms with van der Waals surface area (Å²) in [5.41, 5.74) is 0.817. The van der Waals surface area contributed by atoms with Crippen LogP contribution in [-0.2, 0) is 5.41 Å². The van der Waals surface area contributed by atoms with Gasteiger partial charge in [0.05, 0.1) is 0 Å². The standard InChI is InChI=1S/C12H14N4/c1-12(2,3)11-15-13-10(14-16-11)9-7-5-4-6-8-9/h4-8H,1-3H3. The van der Waals surface area contributed by atoms with Gasteiger partial charge in [-0.2, -0.15) is 0 Å².